The van der Waals surface area contributed by atoms with Crippen LogP contribution < -0.4 is 16.0 Å². The standard InChI is InChI=1S/C21H37N5OS/c1-7-22-20(23-12-18-26-17(13-28-18)21(4,5)6)25-16-10-8-9-15(11-16)19(27)24-14(2)3/h13-16H,7-12H2,1-6H3,(H,24,27)(H2,22,23,25). The molecule has 1 aliphatic rings. The minimum absolute atomic E-state index is 0.0644. The highest BCUT2D eigenvalue weighted by molar-refractivity contribution is 7.09. The summed E-state index contributed by atoms with van der Waals surface area (Å²) in [5.74, 6) is 1.08. The molecule has 7 heteroatoms. The van der Waals surface area contributed by atoms with Gasteiger partial charge in [-0.3, -0.25) is 4.79 Å². The Bertz CT molecular complexity index is 662. The van der Waals surface area contributed by atoms with Crippen LogP contribution in [0.15, 0.2) is 10.4 Å². The van der Waals surface area contributed by atoms with Gasteiger partial charge in [-0.2, -0.15) is 0 Å². The Morgan fingerprint density at radius 2 is 2.11 bits per heavy atom. The Hall–Kier alpha value is -1.63. The fourth-order valence-corrected chi connectivity index (χ4v) is 4.29. The first-order chi connectivity index (χ1) is 13.2. The largest absolute Gasteiger partial charge is 0.357 e. The first-order valence-corrected chi connectivity index (χ1v) is 11.4. The topological polar surface area (TPSA) is 78.4 Å². The smallest absolute Gasteiger partial charge is 0.223 e. The summed E-state index contributed by atoms with van der Waals surface area (Å²) in [5.41, 5.74) is 1.18. The number of guanidine groups is 1. The van der Waals surface area contributed by atoms with E-state index >= 15 is 0 Å². The van der Waals surface area contributed by atoms with Crippen molar-refractivity contribution in [2.45, 2.75) is 91.3 Å². The van der Waals surface area contributed by atoms with Crippen LogP contribution in [0.3, 0.4) is 0 Å². The van der Waals surface area contributed by atoms with Gasteiger partial charge in [-0.05, 0) is 40.0 Å². The molecule has 1 heterocycles. The number of aromatic nitrogens is 1. The van der Waals surface area contributed by atoms with Gasteiger partial charge in [0.25, 0.3) is 0 Å². The van der Waals surface area contributed by atoms with Gasteiger partial charge in [0.15, 0.2) is 5.96 Å². The quantitative estimate of drug-likeness (QED) is 0.497. The van der Waals surface area contributed by atoms with Gasteiger partial charge < -0.3 is 16.0 Å². The Morgan fingerprint density at radius 1 is 1.36 bits per heavy atom. The number of nitrogens with one attached hydrogen (secondary N) is 3. The first kappa shape index (κ1) is 22.7. The Kier molecular flexibility index (Phi) is 8.28. The summed E-state index contributed by atoms with van der Waals surface area (Å²) in [6.45, 7) is 14.0. The monoisotopic (exact) mass is 407 g/mol. The van der Waals surface area contributed by atoms with Crippen molar-refractivity contribution in [3.8, 4) is 0 Å². The van der Waals surface area contributed by atoms with Crippen molar-refractivity contribution in [2.75, 3.05) is 6.54 Å². The highest BCUT2D eigenvalue weighted by Crippen LogP contribution is 2.25. The molecular weight excluding hydrogens is 370 g/mol. The second kappa shape index (κ2) is 10.2. The highest BCUT2D eigenvalue weighted by atomic mass is 32.1. The fourth-order valence-electron chi connectivity index (χ4n) is 3.35. The molecule has 0 bridgehead atoms. The molecule has 1 amide bonds. The summed E-state index contributed by atoms with van der Waals surface area (Å²) in [7, 11) is 0. The second-order valence-electron chi connectivity index (χ2n) is 8.94. The third-order valence-electron chi connectivity index (χ3n) is 4.85. The molecule has 1 saturated carbocycles. The van der Waals surface area contributed by atoms with Crippen LogP contribution in [0.1, 0.15) is 77.9 Å². The van der Waals surface area contributed by atoms with Crippen LogP contribution in [0.25, 0.3) is 0 Å². The van der Waals surface area contributed by atoms with Crippen molar-refractivity contribution in [3.63, 3.8) is 0 Å². The molecule has 3 N–H and O–H groups in total. The van der Waals surface area contributed by atoms with E-state index in [4.69, 9.17) is 9.98 Å². The van der Waals surface area contributed by atoms with E-state index in [0.29, 0.717) is 6.54 Å². The van der Waals surface area contributed by atoms with Crippen LogP contribution in [0.4, 0.5) is 0 Å². The van der Waals surface area contributed by atoms with Crippen molar-refractivity contribution in [1.82, 2.24) is 20.9 Å². The van der Waals surface area contributed by atoms with Gasteiger partial charge in [-0.1, -0.05) is 27.2 Å². The molecule has 0 spiro atoms. The highest BCUT2D eigenvalue weighted by Gasteiger charge is 2.28. The van der Waals surface area contributed by atoms with Crippen LogP contribution in [0.2, 0.25) is 0 Å². The number of aliphatic imine (C=N–C) groups is 1. The summed E-state index contributed by atoms with van der Waals surface area (Å²) in [5, 5.41) is 13.1. The normalized spacial score (nSPS) is 20.9. The number of thiazole rings is 1. The predicted molar refractivity (Wildman–Crippen MR) is 118 cm³/mol. The lowest BCUT2D eigenvalue weighted by molar-refractivity contribution is -0.126. The minimum atomic E-state index is 0.0644. The van der Waals surface area contributed by atoms with E-state index in [1.54, 1.807) is 11.3 Å². The Morgan fingerprint density at radius 3 is 2.71 bits per heavy atom. The molecule has 28 heavy (non-hydrogen) atoms. The lowest BCUT2D eigenvalue weighted by Crippen LogP contribution is -2.47. The molecule has 0 radical (unpaired) electrons. The molecule has 1 fully saturated rings. The average molecular weight is 408 g/mol. The summed E-state index contributed by atoms with van der Waals surface area (Å²) < 4.78 is 0. The van der Waals surface area contributed by atoms with Gasteiger partial charge in [0, 0.05) is 35.3 Å². The summed E-state index contributed by atoms with van der Waals surface area (Å²) in [4.78, 5) is 21.8. The number of carbonyl (C=O) groups is 1. The molecule has 0 saturated heterocycles. The fraction of sp³-hybridized carbons (Fsp3) is 0.762. The van der Waals surface area contributed by atoms with E-state index in [9.17, 15) is 4.79 Å². The van der Waals surface area contributed by atoms with Crippen molar-refractivity contribution in [2.24, 2.45) is 10.9 Å². The molecule has 6 nitrogen and oxygen atoms in total. The van der Waals surface area contributed by atoms with Crippen LogP contribution in [0.5, 0.6) is 0 Å². The maximum atomic E-state index is 12.4. The SMILES string of the molecule is CCNC(=NCc1nc(C(C)(C)C)cs1)NC1CCCC(C(=O)NC(C)C)C1. The van der Waals surface area contributed by atoms with Gasteiger partial charge in [0.05, 0.1) is 12.2 Å². The van der Waals surface area contributed by atoms with Gasteiger partial charge in [0.2, 0.25) is 5.91 Å². The molecule has 158 valence electrons. The number of carbonyl (C=O) groups excluding carboxylic acids is 1. The second-order valence-corrected chi connectivity index (χ2v) is 9.88. The number of nitrogens with zero attached hydrogens (tertiary/aromatic N) is 2. The lowest BCUT2D eigenvalue weighted by Gasteiger charge is -2.30. The number of hydrogen-bond acceptors (Lipinski definition) is 4. The van der Waals surface area contributed by atoms with Crippen LogP contribution in [-0.2, 0) is 16.8 Å². The number of amides is 1. The van der Waals surface area contributed by atoms with Crippen molar-refractivity contribution in [3.05, 3.63) is 16.1 Å². The van der Waals surface area contributed by atoms with E-state index in [1.165, 1.54) is 0 Å². The summed E-state index contributed by atoms with van der Waals surface area (Å²) in [6.07, 6.45) is 3.96. The van der Waals surface area contributed by atoms with E-state index in [0.717, 1.165) is 48.9 Å². The predicted octanol–water partition coefficient (Wildman–Crippen LogP) is 3.58. The van der Waals surface area contributed by atoms with Gasteiger partial charge in [0.1, 0.15) is 5.01 Å². The molecule has 1 aromatic rings. The third kappa shape index (κ3) is 7.08. The zero-order chi connectivity index (χ0) is 20.7. The molecule has 2 unspecified atom stereocenters. The third-order valence-corrected chi connectivity index (χ3v) is 5.69. The van der Waals surface area contributed by atoms with Crippen molar-refractivity contribution in [1.29, 1.82) is 0 Å². The maximum absolute atomic E-state index is 12.4. The molecule has 2 rings (SSSR count). The molecule has 0 aromatic carbocycles. The zero-order valence-corrected chi connectivity index (χ0v) is 19.1. The summed E-state index contributed by atoms with van der Waals surface area (Å²) >= 11 is 1.67. The molecule has 1 aliphatic carbocycles. The van der Waals surface area contributed by atoms with Crippen molar-refractivity contribution >= 4 is 23.2 Å². The van der Waals surface area contributed by atoms with E-state index in [-0.39, 0.29) is 29.3 Å². The lowest BCUT2D eigenvalue weighted by atomic mass is 9.85. The molecule has 1 aromatic heterocycles. The first-order valence-electron chi connectivity index (χ1n) is 10.5. The zero-order valence-electron chi connectivity index (χ0n) is 18.3. The van der Waals surface area contributed by atoms with E-state index in [2.05, 4.69) is 49.0 Å². The molecular formula is C21H37N5OS. The van der Waals surface area contributed by atoms with E-state index < -0.39 is 0 Å². The van der Waals surface area contributed by atoms with Crippen LogP contribution in [-0.4, -0.2) is 35.5 Å². The number of rotatable bonds is 6. The maximum Gasteiger partial charge on any atom is 0.223 e. The van der Waals surface area contributed by atoms with E-state index in [1.807, 2.05) is 13.8 Å². The molecule has 0 aliphatic heterocycles. The minimum Gasteiger partial charge on any atom is -0.357 e. The molecule has 2 atom stereocenters. The van der Waals surface area contributed by atoms with Gasteiger partial charge in [-0.15, -0.1) is 11.3 Å². The summed E-state index contributed by atoms with van der Waals surface area (Å²) in [6, 6.07) is 0.465. The van der Waals surface area contributed by atoms with Gasteiger partial charge >= 0.3 is 0 Å². The average Bonchev–Trinajstić information content (AvgIpc) is 3.09. The van der Waals surface area contributed by atoms with Crippen LogP contribution >= 0.6 is 11.3 Å². The van der Waals surface area contributed by atoms with Crippen molar-refractivity contribution < 1.29 is 4.79 Å². The Balaban J connectivity index is 1.96. The van der Waals surface area contributed by atoms with Crippen LogP contribution in [0, 0.1) is 5.92 Å². The number of hydrogen-bond donors (Lipinski definition) is 3. The van der Waals surface area contributed by atoms with Gasteiger partial charge in [-0.25, -0.2) is 9.98 Å². The Labute approximate surface area is 174 Å².